The minimum Gasteiger partial charge on any atom is -0.329 e. The first-order chi connectivity index (χ1) is 7.26. The maximum absolute atomic E-state index is 11.9. The van der Waals surface area contributed by atoms with Crippen LogP contribution in [0.5, 0.6) is 0 Å². The Kier molecular flexibility index (Phi) is 7.96. The third-order valence-electron chi connectivity index (χ3n) is 1.51. The molecule has 0 bridgehead atoms. The summed E-state index contributed by atoms with van der Waals surface area (Å²) in [6.07, 6.45) is 9.96. The van der Waals surface area contributed by atoms with Gasteiger partial charge >= 0.3 is 0 Å². The molecule has 0 saturated heterocycles. The van der Waals surface area contributed by atoms with E-state index in [9.17, 15) is 9.18 Å². The van der Waals surface area contributed by atoms with Crippen LogP contribution in [0.15, 0.2) is 48.7 Å². The number of alkyl halides is 1. The molecule has 0 atom stereocenters. The first-order valence-electron chi connectivity index (χ1n) is 4.77. The Morgan fingerprint density at radius 1 is 1.47 bits per heavy atom. The van der Waals surface area contributed by atoms with Gasteiger partial charge in [0.2, 0.25) is 0 Å². The second-order valence-electron chi connectivity index (χ2n) is 2.70. The maximum atomic E-state index is 11.9. The van der Waals surface area contributed by atoms with Crippen LogP contribution in [0.25, 0.3) is 0 Å². The second-order valence-corrected chi connectivity index (χ2v) is 2.70. The van der Waals surface area contributed by atoms with Gasteiger partial charge in [-0.15, -0.1) is 0 Å². The molecular formula is C12H16FNO. The summed E-state index contributed by atoms with van der Waals surface area (Å²) in [5.74, 6) is -0.274. The molecule has 0 spiro atoms. The zero-order valence-corrected chi connectivity index (χ0v) is 8.87. The maximum Gasteiger partial charge on any atom is 0.255 e. The van der Waals surface area contributed by atoms with Gasteiger partial charge in [0, 0.05) is 11.8 Å². The Hall–Kier alpha value is -1.64. The molecule has 0 heterocycles. The van der Waals surface area contributed by atoms with Crippen molar-refractivity contribution >= 4 is 5.91 Å². The van der Waals surface area contributed by atoms with Crippen molar-refractivity contribution in [3.63, 3.8) is 0 Å². The van der Waals surface area contributed by atoms with E-state index in [1.165, 1.54) is 24.3 Å². The lowest BCUT2D eigenvalue weighted by atomic mass is 10.2. The van der Waals surface area contributed by atoms with Crippen LogP contribution in [0.2, 0.25) is 0 Å². The average molecular weight is 209 g/mol. The molecule has 0 aliphatic heterocycles. The van der Waals surface area contributed by atoms with Crippen LogP contribution >= 0.6 is 0 Å². The van der Waals surface area contributed by atoms with Crippen LogP contribution in [0.3, 0.4) is 0 Å². The topological polar surface area (TPSA) is 29.1 Å². The van der Waals surface area contributed by atoms with Crippen molar-refractivity contribution < 1.29 is 9.18 Å². The van der Waals surface area contributed by atoms with Crippen molar-refractivity contribution in [1.82, 2.24) is 5.32 Å². The molecule has 0 aromatic rings. The number of carbonyl (C=O) groups excluding carboxylic acids is 1. The smallest absolute Gasteiger partial charge is 0.255 e. The molecule has 2 nitrogen and oxygen atoms in total. The van der Waals surface area contributed by atoms with E-state index in [-0.39, 0.29) is 5.91 Å². The van der Waals surface area contributed by atoms with Crippen LogP contribution in [-0.2, 0) is 4.79 Å². The summed E-state index contributed by atoms with van der Waals surface area (Å²) in [5, 5.41) is 2.57. The zero-order chi connectivity index (χ0) is 11.5. The van der Waals surface area contributed by atoms with Gasteiger partial charge < -0.3 is 5.32 Å². The molecule has 0 aromatic heterocycles. The summed E-state index contributed by atoms with van der Waals surface area (Å²) in [7, 11) is 0. The van der Waals surface area contributed by atoms with E-state index in [0.717, 1.165) is 6.42 Å². The van der Waals surface area contributed by atoms with Crippen molar-refractivity contribution in [3.05, 3.63) is 48.7 Å². The number of rotatable bonds is 6. The van der Waals surface area contributed by atoms with Gasteiger partial charge in [0.15, 0.2) is 0 Å². The van der Waals surface area contributed by atoms with Crippen molar-refractivity contribution in [2.24, 2.45) is 0 Å². The summed E-state index contributed by atoms with van der Waals surface area (Å²) in [5.41, 5.74) is 0.378. The number of hydrogen-bond acceptors (Lipinski definition) is 1. The van der Waals surface area contributed by atoms with Crippen LogP contribution in [0.1, 0.15) is 13.3 Å². The highest BCUT2D eigenvalue weighted by Crippen LogP contribution is 1.98. The number of allylic oxidation sites excluding steroid dienone is 4. The van der Waals surface area contributed by atoms with Gasteiger partial charge in [-0.05, 0) is 6.42 Å². The van der Waals surface area contributed by atoms with Crippen LogP contribution in [0.4, 0.5) is 4.39 Å². The molecule has 0 unspecified atom stereocenters. The van der Waals surface area contributed by atoms with Crippen LogP contribution in [-0.4, -0.2) is 12.6 Å². The van der Waals surface area contributed by atoms with Crippen molar-refractivity contribution in [1.29, 1.82) is 0 Å². The molecule has 0 aliphatic carbocycles. The molecule has 1 amide bonds. The highest BCUT2D eigenvalue weighted by atomic mass is 19.1. The van der Waals surface area contributed by atoms with Crippen molar-refractivity contribution in [2.75, 3.05) is 6.67 Å². The molecule has 0 rings (SSSR count). The lowest BCUT2D eigenvalue weighted by Crippen LogP contribution is -2.18. The Morgan fingerprint density at radius 2 is 2.20 bits per heavy atom. The number of nitrogens with one attached hydrogen (secondary N) is 1. The Balaban J connectivity index is 4.43. The highest BCUT2D eigenvalue weighted by molar-refractivity contribution is 5.97. The Morgan fingerprint density at radius 3 is 2.73 bits per heavy atom. The molecule has 0 aliphatic rings. The van der Waals surface area contributed by atoms with E-state index in [2.05, 4.69) is 11.9 Å². The zero-order valence-electron chi connectivity index (χ0n) is 8.87. The van der Waals surface area contributed by atoms with E-state index in [1.807, 2.05) is 13.0 Å². The quantitative estimate of drug-likeness (QED) is 0.529. The van der Waals surface area contributed by atoms with Gasteiger partial charge in [-0.25, -0.2) is 4.39 Å². The molecule has 0 fully saturated rings. The fourth-order valence-electron chi connectivity index (χ4n) is 0.841. The van der Waals surface area contributed by atoms with E-state index >= 15 is 0 Å². The first-order valence-corrected chi connectivity index (χ1v) is 4.77. The van der Waals surface area contributed by atoms with Crippen molar-refractivity contribution in [3.8, 4) is 0 Å². The molecule has 15 heavy (non-hydrogen) atoms. The Bertz CT molecular complexity index is 290. The van der Waals surface area contributed by atoms with E-state index < -0.39 is 6.67 Å². The number of amides is 1. The largest absolute Gasteiger partial charge is 0.329 e. The monoisotopic (exact) mass is 209 g/mol. The molecule has 82 valence electrons. The summed E-state index contributed by atoms with van der Waals surface area (Å²) >= 11 is 0. The summed E-state index contributed by atoms with van der Waals surface area (Å²) in [6, 6.07) is 0. The van der Waals surface area contributed by atoms with Gasteiger partial charge in [-0.3, -0.25) is 4.79 Å². The van der Waals surface area contributed by atoms with Gasteiger partial charge in [-0.2, -0.15) is 0 Å². The summed E-state index contributed by atoms with van der Waals surface area (Å²) < 4.78 is 11.9. The number of carbonyl (C=O) groups is 1. The fourth-order valence-corrected chi connectivity index (χ4v) is 0.841. The third-order valence-corrected chi connectivity index (χ3v) is 1.51. The first kappa shape index (κ1) is 13.4. The molecule has 3 heteroatoms. The van der Waals surface area contributed by atoms with Gasteiger partial charge in [-0.1, -0.05) is 43.9 Å². The minimum absolute atomic E-state index is 0.274. The molecule has 0 radical (unpaired) electrons. The molecule has 0 aromatic carbocycles. The van der Waals surface area contributed by atoms with E-state index in [1.54, 1.807) is 6.20 Å². The number of hydrogen-bond donors (Lipinski definition) is 1. The summed E-state index contributed by atoms with van der Waals surface area (Å²) in [4.78, 5) is 11.5. The number of halogens is 1. The molecular weight excluding hydrogens is 193 g/mol. The predicted molar refractivity (Wildman–Crippen MR) is 61.0 cm³/mol. The van der Waals surface area contributed by atoms with Gasteiger partial charge in [0.05, 0.1) is 0 Å². The lowest BCUT2D eigenvalue weighted by Gasteiger charge is -1.99. The SMILES string of the molecule is C=C/C=C(\C=C/CF)C(=O)N/C=C/CC. The lowest BCUT2D eigenvalue weighted by molar-refractivity contribution is -0.116. The molecule has 1 N–H and O–H groups in total. The van der Waals surface area contributed by atoms with Crippen LogP contribution in [0, 0.1) is 0 Å². The normalized spacial score (nSPS) is 12.3. The van der Waals surface area contributed by atoms with E-state index in [4.69, 9.17) is 0 Å². The van der Waals surface area contributed by atoms with E-state index in [0.29, 0.717) is 5.57 Å². The van der Waals surface area contributed by atoms with Gasteiger partial charge in [0.1, 0.15) is 6.67 Å². The fraction of sp³-hybridized carbons (Fsp3) is 0.250. The highest BCUT2D eigenvalue weighted by Gasteiger charge is 2.01. The minimum atomic E-state index is -0.591. The summed E-state index contributed by atoms with van der Waals surface area (Å²) in [6.45, 7) is 4.86. The van der Waals surface area contributed by atoms with Crippen molar-refractivity contribution in [2.45, 2.75) is 13.3 Å². The van der Waals surface area contributed by atoms with Crippen LogP contribution < -0.4 is 5.32 Å². The average Bonchev–Trinajstić information content (AvgIpc) is 2.24. The standard InChI is InChI=1S/C12H16FNO/c1-3-5-10-14-12(15)11(7-4-2)8-6-9-13/h4-8,10H,2-3,9H2,1H3,(H,14,15)/b8-6-,10-5+,11-7+. The van der Waals surface area contributed by atoms with Gasteiger partial charge in [0.25, 0.3) is 5.91 Å². The molecule has 0 saturated carbocycles. The predicted octanol–water partition coefficient (Wildman–Crippen LogP) is 2.66. The third kappa shape index (κ3) is 6.43. The second kappa shape index (κ2) is 8.94. The Labute approximate surface area is 89.9 Å².